The summed E-state index contributed by atoms with van der Waals surface area (Å²) in [5.41, 5.74) is 0.679. The van der Waals surface area contributed by atoms with Crippen LogP contribution in [0.4, 0.5) is 0 Å². The van der Waals surface area contributed by atoms with Crippen molar-refractivity contribution in [2.24, 2.45) is 0 Å². The Kier molecular flexibility index (Phi) is 3.74. The minimum Gasteiger partial charge on any atom is -0.490 e. The van der Waals surface area contributed by atoms with Crippen LogP contribution in [0.5, 0.6) is 5.75 Å². The Bertz CT molecular complexity index is 507. The van der Waals surface area contributed by atoms with Crippen LogP contribution in [0.1, 0.15) is 33.6 Å². The van der Waals surface area contributed by atoms with E-state index < -0.39 is 0 Å². The van der Waals surface area contributed by atoms with Crippen molar-refractivity contribution in [1.82, 2.24) is 10.2 Å². The van der Waals surface area contributed by atoms with Crippen LogP contribution in [0.15, 0.2) is 18.2 Å². The second kappa shape index (κ2) is 5.30. The van der Waals surface area contributed by atoms with E-state index in [1.165, 1.54) is 4.90 Å². The van der Waals surface area contributed by atoms with Crippen LogP contribution in [0, 0.1) is 0 Å². The standard InChI is InChI=1S/C14H18N2O3/c1-15-13(17)10-5-4-6-11(19-9-7-8-9)12(10)14(18)16(2)3/h4-6,9H,7-8H2,1-3H3,(H,15,17). The van der Waals surface area contributed by atoms with Gasteiger partial charge < -0.3 is 15.0 Å². The lowest BCUT2D eigenvalue weighted by Crippen LogP contribution is -2.28. The molecule has 0 aromatic heterocycles. The van der Waals surface area contributed by atoms with E-state index in [2.05, 4.69) is 5.32 Å². The highest BCUT2D eigenvalue weighted by Gasteiger charge is 2.28. The first-order chi connectivity index (χ1) is 9.04. The van der Waals surface area contributed by atoms with E-state index in [1.54, 1.807) is 39.3 Å². The Morgan fingerprint density at radius 3 is 2.53 bits per heavy atom. The molecule has 0 unspecified atom stereocenters. The lowest BCUT2D eigenvalue weighted by atomic mass is 10.0. The van der Waals surface area contributed by atoms with Gasteiger partial charge in [-0.05, 0) is 25.0 Å². The summed E-state index contributed by atoms with van der Waals surface area (Å²) in [4.78, 5) is 25.6. The van der Waals surface area contributed by atoms with Crippen molar-refractivity contribution in [2.45, 2.75) is 18.9 Å². The number of benzene rings is 1. The maximum Gasteiger partial charge on any atom is 0.257 e. The van der Waals surface area contributed by atoms with Crippen LogP contribution in [0.2, 0.25) is 0 Å². The first-order valence-electron chi connectivity index (χ1n) is 6.28. The molecule has 2 rings (SSSR count). The van der Waals surface area contributed by atoms with E-state index in [9.17, 15) is 9.59 Å². The molecule has 5 heteroatoms. The van der Waals surface area contributed by atoms with Crippen LogP contribution in [-0.4, -0.2) is 44.0 Å². The Morgan fingerprint density at radius 2 is 2.00 bits per heavy atom. The number of carbonyl (C=O) groups is 2. The van der Waals surface area contributed by atoms with Gasteiger partial charge in [-0.2, -0.15) is 0 Å². The van der Waals surface area contributed by atoms with Gasteiger partial charge in [0.1, 0.15) is 5.75 Å². The zero-order valence-electron chi connectivity index (χ0n) is 11.4. The van der Waals surface area contributed by atoms with Crippen LogP contribution in [-0.2, 0) is 0 Å². The molecule has 0 atom stereocenters. The normalized spacial score (nSPS) is 13.8. The molecule has 1 aromatic rings. The second-order valence-corrected chi connectivity index (χ2v) is 4.77. The zero-order chi connectivity index (χ0) is 14.0. The molecule has 0 radical (unpaired) electrons. The van der Waals surface area contributed by atoms with Crippen molar-refractivity contribution in [2.75, 3.05) is 21.1 Å². The SMILES string of the molecule is CNC(=O)c1cccc(OC2CC2)c1C(=O)N(C)C. The number of nitrogens with one attached hydrogen (secondary N) is 1. The Labute approximate surface area is 112 Å². The molecule has 1 aliphatic rings. The Balaban J connectivity index is 2.47. The number of rotatable bonds is 4. The minimum absolute atomic E-state index is 0.175. The number of hydrogen-bond acceptors (Lipinski definition) is 3. The van der Waals surface area contributed by atoms with Gasteiger partial charge in [-0.3, -0.25) is 9.59 Å². The van der Waals surface area contributed by atoms with Crippen molar-refractivity contribution in [1.29, 1.82) is 0 Å². The van der Waals surface area contributed by atoms with Gasteiger partial charge in [0.2, 0.25) is 0 Å². The van der Waals surface area contributed by atoms with Gasteiger partial charge in [-0.1, -0.05) is 6.07 Å². The molecule has 0 saturated heterocycles. The number of nitrogens with zero attached hydrogens (tertiary/aromatic N) is 1. The van der Waals surface area contributed by atoms with E-state index in [4.69, 9.17) is 4.74 Å². The van der Waals surface area contributed by atoms with E-state index in [0.717, 1.165) is 12.8 Å². The molecule has 19 heavy (non-hydrogen) atoms. The lowest BCUT2D eigenvalue weighted by Gasteiger charge is -2.17. The molecule has 1 aliphatic carbocycles. The third-order valence-corrected chi connectivity index (χ3v) is 2.94. The van der Waals surface area contributed by atoms with Gasteiger partial charge in [0.15, 0.2) is 0 Å². The summed E-state index contributed by atoms with van der Waals surface area (Å²) in [6.07, 6.45) is 2.17. The first-order valence-corrected chi connectivity index (χ1v) is 6.28. The maximum atomic E-state index is 12.3. The van der Waals surface area contributed by atoms with Crippen LogP contribution in [0.25, 0.3) is 0 Å². The quantitative estimate of drug-likeness (QED) is 0.889. The van der Waals surface area contributed by atoms with Crippen molar-refractivity contribution in [3.05, 3.63) is 29.3 Å². The summed E-state index contributed by atoms with van der Waals surface area (Å²) < 4.78 is 5.74. The van der Waals surface area contributed by atoms with Crippen molar-refractivity contribution in [3.63, 3.8) is 0 Å². The van der Waals surface area contributed by atoms with Crippen LogP contribution < -0.4 is 10.1 Å². The third-order valence-electron chi connectivity index (χ3n) is 2.94. The molecule has 0 aliphatic heterocycles. The van der Waals surface area contributed by atoms with E-state index in [-0.39, 0.29) is 17.9 Å². The van der Waals surface area contributed by atoms with Crippen LogP contribution >= 0.6 is 0 Å². The predicted molar refractivity (Wildman–Crippen MR) is 71.5 cm³/mol. The van der Waals surface area contributed by atoms with E-state index in [1.807, 2.05) is 0 Å². The molecule has 0 heterocycles. The fourth-order valence-electron chi connectivity index (χ4n) is 1.76. The monoisotopic (exact) mass is 262 g/mol. The molecule has 1 saturated carbocycles. The molecule has 5 nitrogen and oxygen atoms in total. The third kappa shape index (κ3) is 2.86. The zero-order valence-corrected chi connectivity index (χ0v) is 11.4. The highest BCUT2D eigenvalue weighted by atomic mass is 16.5. The van der Waals surface area contributed by atoms with E-state index >= 15 is 0 Å². The summed E-state index contributed by atoms with van der Waals surface area (Å²) in [5.74, 6) is -0.0244. The first kappa shape index (κ1) is 13.4. The average Bonchev–Trinajstić information content (AvgIpc) is 3.20. The highest BCUT2D eigenvalue weighted by molar-refractivity contribution is 6.08. The van der Waals surface area contributed by atoms with Gasteiger partial charge in [0.25, 0.3) is 11.8 Å². The molecular weight excluding hydrogens is 244 g/mol. The average molecular weight is 262 g/mol. The summed E-state index contributed by atoms with van der Waals surface area (Å²) in [6.45, 7) is 0. The van der Waals surface area contributed by atoms with Gasteiger partial charge in [0.05, 0.1) is 17.2 Å². The smallest absolute Gasteiger partial charge is 0.257 e. The minimum atomic E-state index is -0.286. The summed E-state index contributed by atoms with van der Waals surface area (Å²) in [6, 6.07) is 5.10. The molecule has 1 fully saturated rings. The molecular formula is C14H18N2O3. The fraction of sp³-hybridized carbons (Fsp3) is 0.429. The summed E-state index contributed by atoms with van der Waals surface area (Å²) >= 11 is 0. The maximum absolute atomic E-state index is 12.3. The van der Waals surface area contributed by atoms with Crippen molar-refractivity contribution < 1.29 is 14.3 Å². The largest absolute Gasteiger partial charge is 0.490 e. The Hall–Kier alpha value is -2.04. The number of ether oxygens (including phenoxy) is 1. The topological polar surface area (TPSA) is 58.6 Å². The molecule has 1 N–H and O–H groups in total. The fourth-order valence-corrected chi connectivity index (χ4v) is 1.76. The summed E-state index contributed by atoms with van der Waals surface area (Å²) in [7, 11) is 4.86. The van der Waals surface area contributed by atoms with E-state index in [0.29, 0.717) is 16.9 Å². The van der Waals surface area contributed by atoms with Crippen LogP contribution in [0.3, 0.4) is 0 Å². The number of amides is 2. The molecule has 0 bridgehead atoms. The van der Waals surface area contributed by atoms with Crippen molar-refractivity contribution in [3.8, 4) is 5.75 Å². The highest BCUT2D eigenvalue weighted by Crippen LogP contribution is 2.31. The lowest BCUT2D eigenvalue weighted by molar-refractivity contribution is 0.0813. The van der Waals surface area contributed by atoms with Gasteiger partial charge in [0, 0.05) is 21.1 Å². The number of carbonyl (C=O) groups excluding carboxylic acids is 2. The number of hydrogen-bond donors (Lipinski definition) is 1. The summed E-state index contributed by atoms with van der Waals surface area (Å²) in [5, 5.41) is 2.55. The van der Waals surface area contributed by atoms with Gasteiger partial charge in [-0.25, -0.2) is 0 Å². The molecule has 102 valence electrons. The van der Waals surface area contributed by atoms with Crippen molar-refractivity contribution >= 4 is 11.8 Å². The molecule has 2 amide bonds. The second-order valence-electron chi connectivity index (χ2n) is 4.77. The Morgan fingerprint density at radius 1 is 1.32 bits per heavy atom. The molecule has 0 spiro atoms. The van der Waals surface area contributed by atoms with Gasteiger partial charge in [-0.15, -0.1) is 0 Å². The molecule has 1 aromatic carbocycles. The predicted octanol–water partition coefficient (Wildman–Crippen LogP) is 1.29. The van der Waals surface area contributed by atoms with Gasteiger partial charge >= 0.3 is 0 Å².